The number of rotatable bonds is 8. The van der Waals surface area contributed by atoms with Crippen molar-refractivity contribution in [3.63, 3.8) is 0 Å². The minimum atomic E-state index is -0.228. The molecule has 1 N–H and O–H groups in total. The van der Waals surface area contributed by atoms with Crippen LogP contribution in [0.15, 0.2) is 52.9 Å². The van der Waals surface area contributed by atoms with Gasteiger partial charge in [0.1, 0.15) is 5.01 Å². The molecule has 2 aromatic carbocycles. The Hall–Kier alpha value is -3.39. The number of nitrogens with zero attached hydrogens (tertiary/aromatic N) is 4. The molecule has 0 bridgehead atoms. The molecule has 2 aromatic heterocycles. The molecule has 4 aromatic rings. The van der Waals surface area contributed by atoms with Crippen molar-refractivity contribution in [2.45, 2.75) is 39.5 Å². The third-order valence-electron chi connectivity index (χ3n) is 4.88. The highest BCUT2D eigenvalue weighted by Gasteiger charge is 2.14. The van der Waals surface area contributed by atoms with Gasteiger partial charge in [-0.1, -0.05) is 49.3 Å². The van der Waals surface area contributed by atoms with Crippen LogP contribution in [0.5, 0.6) is 0 Å². The molecule has 1 amide bonds. The van der Waals surface area contributed by atoms with E-state index in [1.807, 2.05) is 31.2 Å². The van der Waals surface area contributed by atoms with Crippen molar-refractivity contribution >= 4 is 22.4 Å². The van der Waals surface area contributed by atoms with E-state index in [1.54, 1.807) is 24.3 Å². The van der Waals surface area contributed by atoms with Crippen LogP contribution in [0.2, 0.25) is 0 Å². The highest BCUT2D eigenvalue weighted by atomic mass is 32.1. The van der Waals surface area contributed by atoms with Crippen LogP contribution in [0, 0.1) is 6.92 Å². The van der Waals surface area contributed by atoms with Crippen molar-refractivity contribution in [2.24, 2.45) is 0 Å². The molecule has 158 valence electrons. The molecule has 0 saturated heterocycles. The van der Waals surface area contributed by atoms with Crippen LogP contribution in [0.3, 0.4) is 0 Å². The third kappa shape index (κ3) is 5.03. The summed E-state index contributed by atoms with van der Waals surface area (Å²) in [6.45, 7) is 4.16. The number of carbonyl (C=O) groups excluding carboxylic acids is 1. The molecule has 31 heavy (non-hydrogen) atoms. The van der Waals surface area contributed by atoms with Gasteiger partial charge < -0.3 is 4.42 Å². The van der Waals surface area contributed by atoms with Crippen LogP contribution in [0.25, 0.3) is 22.9 Å². The number of amides is 1. The maximum absolute atomic E-state index is 12.5. The van der Waals surface area contributed by atoms with Crippen LogP contribution in [0.4, 0.5) is 5.13 Å². The number of nitrogens with one attached hydrogen (secondary N) is 1. The molecule has 0 saturated carbocycles. The predicted octanol–water partition coefficient (Wildman–Crippen LogP) is 5.55. The molecule has 8 heteroatoms. The van der Waals surface area contributed by atoms with Gasteiger partial charge in [-0.3, -0.25) is 10.1 Å². The van der Waals surface area contributed by atoms with Gasteiger partial charge in [0, 0.05) is 23.1 Å². The normalized spacial score (nSPS) is 10.9. The number of aryl methyl sites for hydroxylation is 2. The standard InChI is InChI=1S/C23H23N5O2S/c1-3-4-5-10-19-25-28-23(31-19)24-20(29)16-11-13-17(14-12-16)21-26-27-22(30-21)18-9-7-6-8-15(18)2/h6-9,11-14H,3-5,10H2,1-2H3,(H,24,28,29). The molecule has 0 atom stereocenters. The Morgan fingerprint density at radius 1 is 0.968 bits per heavy atom. The van der Waals surface area contributed by atoms with Crippen LogP contribution in [-0.4, -0.2) is 26.3 Å². The molecular formula is C23H23N5O2S. The summed E-state index contributed by atoms with van der Waals surface area (Å²) < 4.78 is 5.84. The van der Waals surface area contributed by atoms with E-state index < -0.39 is 0 Å². The fourth-order valence-corrected chi connectivity index (χ4v) is 3.90. The fourth-order valence-electron chi connectivity index (χ4n) is 3.13. The maximum Gasteiger partial charge on any atom is 0.257 e. The summed E-state index contributed by atoms with van der Waals surface area (Å²) in [7, 11) is 0. The minimum absolute atomic E-state index is 0.228. The Balaban J connectivity index is 1.41. The molecule has 0 unspecified atom stereocenters. The highest BCUT2D eigenvalue weighted by Crippen LogP contribution is 2.26. The number of carbonyl (C=O) groups is 1. The molecule has 0 aliphatic heterocycles. The summed E-state index contributed by atoms with van der Waals surface area (Å²) in [4.78, 5) is 12.5. The predicted molar refractivity (Wildman–Crippen MR) is 121 cm³/mol. The van der Waals surface area contributed by atoms with Crippen molar-refractivity contribution in [1.29, 1.82) is 0 Å². The number of unbranched alkanes of at least 4 members (excludes halogenated alkanes) is 2. The first-order chi connectivity index (χ1) is 15.1. The lowest BCUT2D eigenvalue weighted by atomic mass is 10.1. The molecule has 4 rings (SSSR count). The Bertz CT molecular complexity index is 1170. The van der Waals surface area contributed by atoms with Crippen molar-refractivity contribution < 1.29 is 9.21 Å². The van der Waals surface area contributed by atoms with E-state index in [2.05, 4.69) is 32.6 Å². The molecule has 2 heterocycles. The Labute approximate surface area is 184 Å². The topological polar surface area (TPSA) is 93.8 Å². The summed E-state index contributed by atoms with van der Waals surface area (Å²) in [6.07, 6.45) is 4.31. The number of hydrogen-bond acceptors (Lipinski definition) is 7. The van der Waals surface area contributed by atoms with E-state index in [0.717, 1.165) is 41.0 Å². The lowest BCUT2D eigenvalue weighted by Gasteiger charge is -2.02. The minimum Gasteiger partial charge on any atom is -0.416 e. The number of benzene rings is 2. The molecule has 0 aliphatic carbocycles. The second-order valence-corrected chi connectivity index (χ2v) is 8.28. The quantitative estimate of drug-likeness (QED) is 0.366. The van der Waals surface area contributed by atoms with Gasteiger partial charge in [-0.25, -0.2) is 0 Å². The van der Waals surface area contributed by atoms with Gasteiger partial charge in [-0.15, -0.1) is 20.4 Å². The second kappa shape index (κ2) is 9.61. The molecule has 0 fully saturated rings. The molecule has 0 radical (unpaired) electrons. The lowest BCUT2D eigenvalue weighted by Crippen LogP contribution is -2.11. The first kappa shape index (κ1) is 20.9. The van der Waals surface area contributed by atoms with E-state index >= 15 is 0 Å². The van der Waals surface area contributed by atoms with E-state index in [0.29, 0.717) is 22.5 Å². The molecule has 0 spiro atoms. The number of anilines is 1. The average Bonchev–Trinajstić information content (AvgIpc) is 3.44. The van der Waals surface area contributed by atoms with E-state index in [-0.39, 0.29) is 5.91 Å². The van der Waals surface area contributed by atoms with Crippen molar-refractivity contribution in [3.8, 4) is 22.9 Å². The van der Waals surface area contributed by atoms with Crippen molar-refractivity contribution in [1.82, 2.24) is 20.4 Å². The second-order valence-electron chi connectivity index (χ2n) is 7.22. The largest absolute Gasteiger partial charge is 0.416 e. The van der Waals surface area contributed by atoms with Gasteiger partial charge in [0.25, 0.3) is 5.91 Å². The SMILES string of the molecule is CCCCCc1nnc(NC(=O)c2ccc(-c3nnc(-c4ccccc4C)o3)cc2)s1. The first-order valence-corrected chi connectivity index (χ1v) is 11.1. The zero-order chi connectivity index (χ0) is 21.6. The summed E-state index contributed by atoms with van der Waals surface area (Å²) in [5, 5.41) is 20.8. The van der Waals surface area contributed by atoms with E-state index in [9.17, 15) is 4.79 Å². The van der Waals surface area contributed by atoms with Gasteiger partial charge >= 0.3 is 0 Å². The molecule has 7 nitrogen and oxygen atoms in total. The zero-order valence-corrected chi connectivity index (χ0v) is 18.3. The molecular weight excluding hydrogens is 410 g/mol. The molecule has 0 aliphatic rings. The van der Waals surface area contributed by atoms with Gasteiger partial charge in [-0.2, -0.15) is 0 Å². The Kier molecular flexibility index (Phi) is 6.47. The van der Waals surface area contributed by atoms with Crippen LogP contribution >= 0.6 is 11.3 Å². The summed E-state index contributed by atoms with van der Waals surface area (Å²) >= 11 is 1.42. The van der Waals surface area contributed by atoms with E-state index in [1.165, 1.54) is 17.8 Å². The summed E-state index contributed by atoms with van der Waals surface area (Å²) in [6, 6.07) is 14.9. The van der Waals surface area contributed by atoms with Gasteiger partial charge in [0.2, 0.25) is 16.9 Å². The van der Waals surface area contributed by atoms with Gasteiger partial charge in [-0.05, 0) is 49.2 Å². The third-order valence-corrected chi connectivity index (χ3v) is 5.77. The summed E-state index contributed by atoms with van der Waals surface area (Å²) in [5.74, 6) is 0.654. The Morgan fingerprint density at radius 3 is 2.52 bits per heavy atom. The highest BCUT2D eigenvalue weighted by molar-refractivity contribution is 7.15. The van der Waals surface area contributed by atoms with E-state index in [4.69, 9.17) is 4.42 Å². The first-order valence-electron chi connectivity index (χ1n) is 10.3. The van der Waals surface area contributed by atoms with Crippen molar-refractivity contribution in [2.75, 3.05) is 5.32 Å². The smallest absolute Gasteiger partial charge is 0.257 e. The van der Waals surface area contributed by atoms with Crippen LogP contribution in [-0.2, 0) is 6.42 Å². The summed E-state index contributed by atoms with van der Waals surface area (Å²) in [5.41, 5.74) is 3.24. The van der Waals surface area contributed by atoms with Crippen LogP contribution < -0.4 is 5.32 Å². The Morgan fingerprint density at radius 2 is 1.74 bits per heavy atom. The number of aromatic nitrogens is 4. The van der Waals surface area contributed by atoms with Crippen molar-refractivity contribution in [3.05, 3.63) is 64.7 Å². The average molecular weight is 434 g/mol. The number of hydrogen-bond donors (Lipinski definition) is 1. The van der Waals surface area contributed by atoms with Crippen LogP contribution in [0.1, 0.15) is 47.1 Å². The maximum atomic E-state index is 12.5. The zero-order valence-electron chi connectivity index (χ0n) is 17.5. The fraction of sp³-hybridized carbons (Fsp3) is 0.261. The van der Waals surface area contributed by atoms with Gasteiger partial charge in [0.15, 0.2) is 0 Å². The van der Waals surface area contributed by atoms with Gasteiger partial charge in [0.05, 0.1) is 0 Å². The lowest BCUT2D eigenvalue weighted by molar-refractivity contribution is 0.102. The monoisotopic (exact) mass is 433 g/mol.